The number of aromatic nitrogens is 3. The number of rotatable bonds is 2. The lowest BCUT2D eigenvalue weighted by Crippen LogP contribution is -2.69. The largest absolute Gasteiger partial charge is 0.324 e. The Morgan fingerprint density at radius 2 is 1.87 bits per heavy atom. The molecule has 1 aliphatic carbocycles. The van der Waals surface area contributed by atoms with Crippen LogP contribution in [0.25, 0.3) is 11.3 Å². The van der Waals surface area contributed by atoms with Gasteiger partial charge in [0.25, 0.3) is 0 Å². The average Bonchev–Trinajstić information content (AvgIpc) is 3.13. The summed E-state index contributed by atoms with van der Waals surface area (Å²) < 4.78 is 15.1. The smallest absolute Gasteiger partial charge is 0.201 e. The standard InChI is InChI=1S/C23H29N3O4/c1-14-9-10-18-15(2)20(26-19(13-24-25-26)16-7-5-4-6-8-16)27-21-23(18)17(14)11-12-22(3,28-21)29-30-23/h4-8,13-15,17-18,20-21H,9-12H2,1-3H3/t14-,15-,17+,18+,20-,21-,22+,23-/m1/s1. The van der Waals surface area contributed by atoms with Crippen LogP contribution in [0.1, 0.15) is 52.7 Å². The second-order valence-corrected chi connectivity index (χ2v) is 9.73. The molecule has 1 spiro atoms. The Morgan fingerprint density at radius 1 is 1.03 bits per heavy atom. The molecule has 1 saturated carbocycles. The maximum Gasteiger partial charge on any atom is 0.201 e. The average molecular weight is 412 g/mol. The van der Waals surface area contributed by atoms with Crippen LogP contribution in [0.15, 0.2) is 36.5 Å². The van der Waals surface area contributed by atoms with E-state index in [2.05, 4.69) is 36.3 Å². The highest BCUT2D eigenvalue weighted by molar-refractivity contribution is 5.58. The molecular weight excluding hydrogens is 382 g/mol. The Morgan fingerprint density at radius 3 is 2.70 bits per heavy atom. The third-order valence-corrected chi connectivity index (χ3v) is 8.01. The predicted octanol–water partition coefficient (Wildman–Crippen LogP) is 4.33. The van der Waals surface area contributed by atoms with Crippen LogP contribution in [0.5, 0.6) is 0 Å². The van der Waals surface area contributed by atoms with Gasteiger partial charge in [0.1, 0.15) is 0 Å². The van der Waals surface area contributed by atoms with Gasteiger partial charge >= 0.3 is 0 Å². The van der Waals surface area contributed by atoms with Crippen LogP contribution < -0.4 is 0 Å². The van der Waals surface area contributed by atoms with Crippen molar-refractivity contribution in [3.05, 3.63) is 36.5 Å². The minimum Gasteiger partial charge on any atom is -0.324 e. The number of fused-ring (bicyclic) bond motifs is 2. The maximum absolute atomic E-state index is 6.70. The zero-order valence-electron chi connectivity index (χ0n) is 17.7. The fraction of sp³-hybridized carbons (Fsp3) is 0.652. The SMILES string of the molecule is C[C@H]1[C@H](n2nncc2-c2ccccc2)O[C@@H]2O[C@]3(C)CC[C@H]4[C@H](C)CC[C@@H]1[C@@]24OO3. The zero-order chi connectivity index (χ0) is 20.5. The second-order valence-electron chi connectivity index (χ2n) is 9.73. The highest BCUT2D eigenvalue weighted by Gasteiger charge is 2.69. The van der Waals surface area contributed by atoms with Gasteiger partial charge in [-0.25, -0.2) is 14.5 Å². The van der Waals surface area contributed by atoms with Crippen LogP contribution in [0.2, 0.25) is 0 Å². The summed E-state index contributed by atoms with van der Waals surface area (Å²) in [4.78, 5) is 12.2. The number of nitrogens with zero attached hydrogens (tertiary/aromatic N) is 3. The van der Waals surface area contributed by atoms with Gasteiger partial charge in [-0.1, -0.05) is 49.4 Å². The summed E-state index contributed by atoms with van der Waals surface area (Å²) in [5.41, 5.74) is 1.46. The lowest BCUT2D eigenvalue weighted by Gasteiger charge is -2.60. The molecule has 0 radical (unpaired) electrons. The molecule has 0 N–H and O–H groups in total. The van der Waals surface area contributed by atoms with Crippen LogP contribution in [0, 0.1) is 23.7 Å². The third kappa shape index (κ3) is 2.52. The number of hydrogen-bond donors (Lipinski definition) is 0. The molecule has 4 saturated heterocycles. The van der Waals surface area contributed by atoms with Gasteiger partial charge in [-0.15, -0.1) is 5.10 Å². The maximum atomic E-state index is 6.70. The highest BCUT2D eigenvalue weighted by Crippen LogP contribution is 2.61. The normalized spacial score (nSPS) is 45.0. The van der Waals surface area contributed by atoms with Crippen molar-refractivity contribution in [2.75, 3.05) is 0 Å². The second kappa shape index (κ2) is 6.60. The van der Waals surface area contributed by atoms with E-state index in [1.165, 1.54) is 6.42 Å². The van der Waals surface area contributed by atoms with Crippen LogP contribution in [0.4, 0.5) is 0 Å². The van der Waals surface area contributed by atoms with Gasteiger partial charge in [0.05, 0.1) is 11.9 Å². The molecule has 1 aromatic carbocycles. The molecule has 7 nitrogen and oxygen atoms in total. The van der Waals surface area contributed by atoms with E-state index < -0.39 is 17.7 Å². The molecule has 7 rings (SSSR count). The van der Waals surface area contributed by atoms with E-state index in [-0.39, 0.29) is 18.1 Å². The molecule has 0 amide bonds. The zero-order valence-corrected chi connectivity index (χ0v) is 17.7. The molecule has 5 fully saturated rings. The molecule has 4 aliphatic heterocycles. The Hall–Kier alpha value is -1.80. The van der Waals surface area contributed by atoms with E-state index in [4.69, 9.17) is 19.2 Å². The minimum absolute atomic E-state index is 0.176. The Bertz CT molecular complexity index is 936. The molecule has 7 heteroatoms. The van der Waals surface area contributed by atoms with Gasteiger partial charge in [-0.2, -0.15) is 0 Å². The predicted molar refractivity (Wildman–Crippen MR) is 108 cm³/mol. The van der Waals surface area contributed by atoms with Crippen molar-refractivity contribution >= 4 is 0 Å². The van der Waals surface area contributed by atoms with Crippen LogP contribution in [0.3, 0.4) is 0 Å². The first-order valence-electron chi connectivity index (χ1n) is 11.2. The third-order valence-electron chi connectivity index (χ3n) is 8.01. The van der Waals surface area contributed by atoms with Crippen molar-refractivity contribution in [3.8, 4) is 11.3 Å². The molecule has 8 atom stereocenters. The van der Waals surface area contributed by atoms with Gasteiger partial charge in [-0.05, 0) is 38.0 Å². The molecular formula is C23H29N3O4. The highest BCUT2D eigenvalue weighted by atomic mass is 17.3. The van der Waals surface area contributed by atoms with E-state index in [1.807, 2.05) is 36.0 Å². The number of hydrogen-bond acceptors (Lipinski definition) is 6. The fourth-order valence-electron chi connectivity index (χ4n) is 6.41. The van der Waals surface area contributed by atoms with Crippen molar-refractivity contribution in [1.82, 2.24) is 15.0 Å². The molecule has 2 aromatic rings. The van der Waals surface area contributed by atoms with Gasteiger partial charge in [0.15, 0.2) is 18.1 Å². The quantitative estimate of drug-likeness (QED) is 0.686. The van der Waals surface area contributed by atoms with Gasteiger partial charge < -0.3 is 9.47 Å². The van der Waals surface area contributed by atoms with Crippen LogP contribution in [-0.2, 0) is 19.2 Å². The lowest BCUT2D eigenvalue weighted by atomic mass is 9.58. The first-order chi connectivity index (χ1) is 14.5. The van der Waals surface area contributed by atoms with Crippen molar-refractivity contribution < 1.29 is 19.2 Å². The molecule has 2 bridgehead atoms. The summed E-state index contributed by atoms with van der Waals surface area (Å²) in [7, 11) is 0. The summed E-state index contributed by atoms with van der Waals surface area (Å²) >= 11 is 0. The summed E-state index contributed by atoms with van der Waals surface area (Å²) in [6.45, 7) is 6.53. The van der Waals surface area contributed by atoms with Crippen LogP contribution in [-0.4, -0.2) is 32.7 Å². The molecule has 5 aliphatic rings. The van der Waals surface area contributed by atoms with Crippen molar-refractivity contribution in [2.45, 2.75) is 70.4 Å². The van der Waals surface area contributed by atoms with Crippen molar-refractivity contribution in [3.63, 3.8) is 0 Å². The topological polar surface area (TPSA) is 67.6 Å². The Balaban J connectivity index is 1.43. The van der Waals surface area contributed by atoms with Gasteiger partial charge in [-0.3, -0.25) is 0 Å². The van der Waals surface area contributed by atoms with E-state index in [0.717, 1.165) is 30.5 Å². The lowest BCUT2D eigenvalue weighted by molar-refractivity contribution is -0.574. The molecule has 5 heterocycles. The van der Waals surface area contributed by atoms with Gasteiger partial charge in [0, 0.05) is 23.8 Å². The Kier molecular flexibility index (Phi) is 4.16. The fourth-order valence-corrected chi connectivity index (χ4v) is 6.41. The van der Waals surface area contributed by atoms with E-state index in [9.17, 15) is 0 Å². The van der Waals surface area contributed by atoms with E-state index in [0.29, 0.717) is 11.8 Å². The summed E-state index contributed by atoms with van der Waals surface area (Å²) in [5, 5.41) is 8.66. The first-order valence-corrected chi connectivity index (χ1v) is 11.2. The van der Waals surface area contributed by atoms with Crippen molar-refractivity contribution in [1.29, 1.82) is 0 Å². The van der Waals surface area contributed by atoms with Crippen LogP contribution >= 0.6 is 0 Å². The minimum atomic E-state index is -0.771. The monoisotopic (exact) mass is 411 g/mol. The summed E-state index contributed by atoms with van der Waals surface area (Å²) in [6, 6.07) is 10.2. The molecule has 160 valence electrons. The Labute approximate surface area is 176 Å². The molecule has 1 aromatic heterocycles. The number of ether oxygens (including phenoxy) is 2. The number of benzene rings is 1. The summed E-state index contributed by atoms with van der Waals surface area (Å²) in [5.74, 6) is 0.578. The van der Waals surface area contributed by atoms with E-state index in [1.54, 1.807) is 0 Å². The van der Waals surface area contributed by atoms with Gasteiger partial charge in [0.2, 0.25) is 5.79 Å². The summed E-state index contributed by atoms with van der Waals surface area (Å²) in [6.07, 6.45) is 5.15. The molecule has 0 unspecified atom stereocenters. The van der Waals surface area contributed by atoms with Crippen molar-refractivity contribution in [2.24, 2.45) is 23.7 Å². The van der Waals surface area contributed by atoms with E-state index >= 15 is 0 Å². The first kappa shape index (κ1) is 18.9. The molecule has 30 heavy (non-hydrogen) atoms.